The summed E-state index contributed by atoms with van der Waals surface area (Å²) < 4.78 is 10.7. The largest absolute Gasteiger partial charge is 0.497 e. The highest BCUT2D eigenvalue weighted by molar-refractivity contribution is 7.15. The van der Waals surface area contributed by atoms with Gasteiger partial charge in [-0.1, -0.05) is 23.5 Å². The molecule has 1 fully saturated rings. The van der Waals surface area contributed by atoms with Crippen LogP contribution < -0.4 is 10.1 Å². The molecule has 1 aliphatic heterocycles. The molecule has 0 unspecified atom stereocenters. The number of benzene rings is 1. The van der Waals surface area contributed by atoms with E-state index in [1.807, 2.05) is 31.2 Å². The number of hydrogen-bond donors (Lipinski definition) is 1. The number of anilines is 1. The van der Waals surface area contributed by atoms with E-state index in [1.165, 1.54) is 11.3 Å². The van der Waals surface area contributed by atoms with E-state index < -0.39 is 0 Å². The topological polar surface area (TPSA) is 76.6 Å². The van der Waals surface area contributed by atoms with E-state index in [2.05, 4.69) is 15.5 Å². The Morgan fingerprint density at radius 1 is 1.50 bits per heavy atom. The maximum atomic E-state index is 12.2. The van der Waals surface area contributed by atoms with Crippen molar-refractivity contribution in [1.82, 2.24) is 15.1 Å². The van der Waals surface area contributed by atoms with Crippen molar-refractivity contribution in [3.63, 3.8) is 0 Å². The SMILES string of the molecule is COc1cccc(Cc2nnc(NC(=O)N3CCO[C@H](C)C3)s2)c1. The summed E-state index contributed by atoms with van der Waals surface area (Å²) in [6, 6.07) is 7.66. The number of nitrogens with zero attached hydrogens (tertiary/aromatic N) is 3. The molecule has 0 spiro atoms. The van der Waals surface area contributed by atoms with Gasteiger partial charge in [-0.3, -0.25) is 5.32 Å². The van der Waals surface area contributed by atoms with Crippen LogP contribution in [-0.4, -0.2) is 54.0 Å². The van der Waals surface area contributed by atoms with Gasteiger partial charge in [0.1, 0.15) is 10.8 Å². The Hall–Kier alpha value is -2.19. The van der Waals surface area contributed by atoms with Crippen LogP contribution in [0.4, 0.5) is 9.93 Å². The Balaban J connectivity index is 1.59. The molecule has 7 nitrogen and oxygen atoms in total. The van der Waals surface area contributed by atoms with Crippen molar-refractivity contribution in [1.29, 1.82) is 0 Å². The van der Waals surface area contributed by atoms with Crippen LogP contribution in [0.15, 0.2) is 24.3 Å². The quantitative estimate of drug-likeness (QED) is 0.918. The second-order valence-electron chi connectivity index (χ2n) is 5.59. The highest BCUT2D eigenvalue weighted by Gasteiger charge is 2.22. The molecule has 1 aromatic heterocycles. The van der Waals surface area contributed by atoms with Crippen LogP contribution in [0.5, 0.6) is 5.75 Å². The number of aromatic nitrogens is 2. The first-order valence-electron chi connectivity index (χ1n) is 7.77. The first-order chi connectivity index (χ1) is 11.6. The van der Waals surface area contributed by atoms with Gasteiger partial charge in [-0.25, -0.2) is 4.79 Å². The minimum atomic E-state index is -0.158. The van der Waals surface area contributed by atoms with E-state index in [9.17, 15) is 4.79 Å². The highest BCUT2D eigenvalue weighted by Crippen LogP contribution is 2.21. The van der Waals surface area contributed by atoms with Crippen molar-refractivity contribution < 1.29 is 14.3 Å². The number of hydrogen-bond acceptors (Lipinski definition) is 6. The van der Waals surface area contributed by atoms with Crippen LogP contribution in [0, 0.1) is 0 Å². The van der Waals surface area contributed by atoms with Crippen molar-refractivity contribution in [3.8, 4) is 5.75 Å². The number of methoxy groups -OCH3 is 1. The first kappa shape index (κ1) is 16.7. The summed E-state index contributed by atoms with van der Waals surface area (Å²) in [5.41, 5.74) is 1.09. The Kier molecular flexibility index (Phi) is 5.27. The van der Waals surface area contributed by atoms with Crippen LogP contribution in [0.2, 0.25) is 0 Å². The third kappa shape index (κ3) is 4.21. The van der Waals surface area contributed by atoms with E-state index in [4.69, 9.17) is 9.47 Å². The number of ether oxygens (including phenoxy) is 2. The zero-order chi connectivity index (χ0) is 16.9. The molecule has 2 amide bonds. The van der Waals surface area contributed by atoms with E-state index >= 15 is 0 Å². The number of nitrogens with one attached hydrogen (secondary N) is 1. The van der Waals surface area contributed by atoms with Crippen LogP contribution in [0.1, 0.15) is 17.5 Å². The summed E-state index contributed by atoms with van der Waals surface area (Å²) in [6.45, 7) is 3.69. The van der Waals surface area contributed by atoms with Crippen molar-refractivity contribution >= 4 is 22.5 Å². The fourth-order valence-corrected chi connectivity index (χ4v) is 3.27. The average molecular weight is 348 g/mol. The number of urea groups is 1. The lowest BCUT2D eigenvalue weighted by molar-refractivity contribution is -0.00138. The molecule has 2 heterocycles. The highest BCUT2D eigenvalue weighted by atomic mass is 32.1. The minimum Gasteiger partial charge on any atom is -0.497 e. The summed E-state index contributed by atoms with van der Waals surface area (Å²) >= 11 is 1.38. The summed E-state index contributed by atoms with van der Waals surface area (Å²) in [6.07, 6.45) is 0.710. The fourth-order valence-electron chi connectivity index (χ4n) is 2.51. The Morgan fingerprint density at radius 2 is 2.38 bits per heavy atom. The van der Waals surface area contributed by atoms with Gasteiger partial charge in [-0.2, -0.15) is 0 Å². The van der Waals surface area contributed by atoms with Gasteiger partial charge >= 0.3 is 6.03 Å². The number of morpholine rings is 1. The van der Waals surface area contributed by atoms with Crippen molar-refractivity contribution in [2.24, 2.45) is 0 Å². The van der Waals surface area contributed by atoms with Crippen LogP contribution >= 0.6 is 11.3 Å². The summed E-state index contributed by atoms with van der Waals surface area (Å²) in [5, 5.41) is 12.4. The molecule has 0 radical (unpaired) electrons. The van der Waals surface area contributed by atoms with Gasteiger partial charge in [0.2, 0.25) is 5.13 Å². The molecule has 1 aromatic carbocycles. The maximum absolute atomic E-state index is 12.2. The summed E-state index contributed by atoms with van der Waals surface area (Å²) in [4.78, 5) is 14.0. The lowest BCUT2D eigenvalue weighted by Crippen LogP contribution is -2.46. The smallest absolute Gasteiger partial charge is 0.323 e. The van der Waals surface area contributed by atoms with E-state index in [1.54, 1.807) is 12.0 Å². The zero-order valence-corrected chi connectivity index (χ0v) is 14.5. The average Bonchev–Trinajstić information content (AvgIpc) is 3.02. The Labute approximate surface area is 144 Å². The molecule has 128 valence electrons. The number of rotatable bonds is 4. The van der Waals surface area contributed by atoms with Crippen LogP contribution in [0.3, 0.4) is 0 Å². The van der Waals surface area contributed by atoms with Crippen molar-refractivity contribution in [2.75, 3.05) is 32.1 Å². The molecule has 2 aromatic rings. The number of carbonyl (C=O) groups is 1. The normalized spacial score (nSPS) is 17.6. The molecule has 1 N–H and O–H groups in total. The summed E-state index contributed by atoms with van der Waals surface area (Å²) in [5.74, 6) is 0.812. The van der Waals surface area contributed by atoms with E-state index in [0.29, 0.717) is 31.2 Å². The Morgan fingerprint density at radius 3 is 3.17 bits per heavy atom. The maximum Gasteiger partial charge on any atom is 0.323 e. The van der Waals surface area contributed by atoms with Gasteiger partial charge < -0.3 is 14.4 Å². The van der Waals surface area contributed by atoms with Gasteiger partial charge in [0.25, 0.3) is 0 Å². The molecule has 1 atom stereocenters. The van der Waals surface area contributed by atoms with Gasteiger partial charge in [0.15, 0.2) is 0 Å². The van der Waals surface area contributed by atoms with Gasteiger partial charge in [0, 0.05) is 19.5 Å². The van der Waals surface area contributed by atoms with E-state index in [0.717, 1.165) is 16.3 Å². The molecule has 1 saturated heterocycles. The molecule has 3 rings (SSSR count). The molecular formula is C16H20N4O3S. The lowest BCUT2D eigenvalue weighted by atomic mass is 10.1. The molecular weight excluding hydrogens is 328 g/mol. The first-order valence-corrected chi connectivity index (χ1v) is 8.58. The number of carbonyl (C=O) groups excluding carboxylic acids is 1. The van der Waals surface area contributed by atoms with Crippen LogP contribution in [0.25, 0.3) is 0 Å². The molecule has 0 saturated carbocycles. The second kappa shape index (κ2) is 7.59. The zero-order valence-electron chi connectivity index (χ0n) is 13.7. The predicted octanol–water partition coefficient (Wildman–Crippen LogP) is 2.39. The van der Waals surface area contributed by atoms with Gasteiger partial charge in [-0.15, -0.1) is 10.2 Å². The Bertz CT molecular complexity index is 706. The lowest BCUT2D eigenvalue weighted by Gasteiger charge is -2.30. The monoisotopic (exact) mass is 348 g/mol. The van der Waals surface area contributed by atoms with Gasteiger partial charge in [-0.05, 0) is 24.6 Å². The summed E-state index contributed by atoms with van der Waals surface area (Å²) in [7, 11) is 1.64. The fraction of sp³-hybridized carbons (Fsp3) is 0.438. The van der Waals surface area contributed by atoms with Crippen LogP contribution in [-0.2, 0) is 11.2 Å². The predicted molar refractivity (Wildman–Crippen MR) is 91.7 cm³/mol. The molecule has 8 heteroatoms. The molecule has 24 heavy (non-hydrogen) atoms. The van der Waals surface area contributed by atoms with Crippen molar-refractivity contribution in [3.05, 3.63) is 34.8 Å². The molecule has 1 aliphatic rings. The number of amides is 2. The minimum absolute atomic E-state index is 0.0579. The van der Waals surface area contributed by atoms with Crippen molar-refractivity contribution in [2.45, 2.75) is 19.4 Å². The van der Waals surface area contributed by atoms with E-state index in [-0.39, 0.29) is 12.1 Å². The third-order valence-corrected chi connectivity index (χ3v) is 4.54. The second-order valence-corrected chi connectivity index (χ2v) is 6.65. The standard InChI is InChI=1S/C16H20N4O3S/c1-11-10-20(6-7-23-11)16(21)17-15-19-18-14(24-15)9-12-4-3-5-13(8-12)22-2/h3-5,8,11H,6-7,9-10H2,1-2H3,(H,17,19,21)/t11-/m1/s1. The molecule has 0 bridgehead atoms. The third-order valence-electron chi connectivity index (χ3n) is 3.70. The van der Waals surface area contributed by atoms with Gasteiger partial charge in [0.05, 0.1) is 19.8 Å². The molecule has 0 aliphatic carbocycles.